The molecular formula is C13H12O5. The summed E-state index contributed by atoms with van der Waals surface area (Å²) in [5.74, 6) is -0.487. The molecule has 1 atom stereocenters. The fourth-order valence-corrected chi connectivity index (χ4v) is 1.55. The molecule has 0 aromatic heterocycles. The molecule has 5 heteroatoms. The van der Waals surface area contributed by atoms with Crippen molar-refractivity contribution in [1.29, 1.82) is 0 Å². The third kappa shape index (κ3) is 2.68. The highest BCUT2D eigenvalue weighted by molar-refractivity contribution is 5.92. The van der Waals surface area contributed by atoms with Gasteiger partial charge in [0.2, 0.25) is 0 Å². The predicted molar refractivity (Wildman–Crippen MR) is 62.3 cm³/mol. The summed E-state index contributed by atoms with van der Waals surface area (Å²) in [6.07, 6.45) is 2.36. The third-order valence-electron chi connectivity index (χ3n) is 2.42. The molecule has 1 aromatic rings. The summed E-state index contributed by atoms with van der Waals surface area (Å²) >= 11 is 0. The second-order valence-electron chi connectivity index (χ2n) is 3.63. The number of cyclic esters (lactones) is 1. The Morgan fingerprint density at radius 2 is 2.17 bits per heavy atom. The van der Waals surface area contributed by atoms with E-state index in [0.29, 0.717) is 11.3 Å². The fourth-order valence-electron chi connectivity index (χ4n) is 1.55. The minimum atomic E-state index is -0.510. The lowest BCUT2D eigenvalue weighted by Gasteiger charge is -2.11. The Balaban J connectivity index is 1.95. The van der Waals surface area contributed by atoms with Gasteiger partial charge in [-0.2, -0.15) is 0 Å². The Hall–Kier alpha value is -2.30. The van der Waals surface area contributed by atoms with Crippen molar-refractivity contribution in [3.05, 3.63) is 42.0 Å². The number of benzene rings is 1. The zero-order valence-corrected chi connectivity index (χ0v) is 9.79. The maximum Gasteiger partial charge on any atom is 0.342 e. The number of rotatable bonds is 4. The molecule has 1 aliphatic heterocycles. The number of hydrogen-bond donors (Lipinski definition) is 0. The molecule has 0 bridgehead atoms. The van der Waals surface area contributed by atoms with E-state index in [1.807, 2.05) is 0 Å². The van der Waals surface area contributed by atoms with Crippen LogP contribution in [-0.4, -0.2) is 31.8 Å². The van der Waals surface area contributed by atoms with Crippen LogP contribution in [0.5, 0.6) is 5.75 Å². The second-order valence-corrected chi connectivity index (χ2v) is 3.63. The number of carbonyl (C=O) groups is 2. The molecule has 0 radical (unpaired) electrons. The van der Waals surface area contributed by atoms with Crippen molar-refractivity contribution >= 4 is 11.9 Å². The van der Waals surface area contributed by atoms with Crippen molar-refractivity contribution < 1.29 is 23.8 Å². The van der Waals surface area contributed by atoms with Crippen LogP contribution in [0, 0.1) is 0 Å². The van der Waals surface area contributed by atoms with E-state index in [9.17, 15) is 9.59 Å². The molecule has 94 valence electrons. The zero-order valence-electron chi connectivity index (χ0n) is 9.79. The lowest BCUT2D eigenvalue weighted by molar-refractivity contribution is -0.140. The van der Waals surface area contributed by atoms with Crippen LogP contribution in [0.4, 0.5) is 0 Å². The smallest absolute Gasteiger partial charge is 0.342 e. The van der Waals surface area contributed by atoms with Gasteiger partial charge in [0.1, 0.15) is 17.9 Å². The molecule has 1 unspecified atom stereocenters. The monoisotopic (exact) mass is 248 g/mol. The van der Waals surface area contributed by atoms with Crippen LogP contribution in [0.25, 0.3) is 0 Å². The summed E-state index contributed by atoms with van der Waals surface area (Å²) in [4.78, 5) is 22.6. The quantitative estimate of drug-likeness (QED) is 0.752. The van der Waals surface area contributed by atoms with Crippen LogP contribution in [0.15, 0.2) is 36.4 Å². The molecule has 18 heavy (non-hydrogen) atoms. The molecule has 0 amide bonds. The van der Waals surface area contributed by atoms with Crippen molar-refractivity contribution in [2.75, 3.05) is 13.7 Å². The van der Waals surface area contributed by atoms with Gasteiger partial charge in [0.25, 0.3) is 0 Å². The lowest BCUT2D eigenvalue weighted by atomic mass is 10.2. The zero-order chi connectivity index (χ0) is 13.0. The van der Waals surface area contributed by atoms with Gasteiger partial charge in [-0.05, 0) is 18.2 Å². The molecule has 1 aromatic carbocycles. The number of esters is 2. The van der Waals surface area contributed by atoms with Gasteiger partial charge in [0, 0.05) is 6.08 Å². The van der Waals surface area contributed by atoms with Gasteiger partial charge in [-0.1, -0.05) is 12.1 Å². The molecule has 5 nitrogen and oxygen atoms in total. The minimum absolute atomic E-state index is 0.000871. The van der Waals surface area contributed by atoms with E-state index < -0.39 is 18.0 Å². The summed E-state index contributed by atoms with van der Waals surface area (Å²) in [6.45, 7) is -0.000871. The van der Waals surface area contributed by atoms with Crippen molar-refractivity contribution in [3.63, 3.8) is 0 Å². The van der Waals surface area contributed by atoms with Gasteiger partial charge in [-0.15, -0.1) is 0 Å². The second kappa shape index (κ2) is 5.35. The van der Waals surface area contributed by atoms with Gasteiger partial charge in [-0.3, -0.25) is 0 Å². The Morgan fingerprint density at radius 1 is 1.39 bits per heavy atom. The van der Waals surface area contributed by atoms with Gasteiger partial charge in [-0.25, -0.2) is 9.59 Å². The lowest BCUT2D eigenvalue weighted by Crippen LogP contribution is -2.19. The van der Waals surface area contributed by atoms with Crippen LogP contribution in [-0.2, 0) is 14.3 Å². The van der Waals surface area contributed by atoms with E-state index in [2.05, 4.69) is 0 Å². The Morgan fingerprint density at radius 3 is 2.83 bits per heavy atom. The molecule has 0 spiro atoms. The van der Waals surface area contributed by atoms with Crippen LogP contribution in [0.2, 0.25) is 0 Å². The summed E-state index contributed by atoms with van der Waals surface area (Å²) in [5, 5.41) is 0. The van der Waals surface area contributed by atoms with Crippen molar-refractivity contribution in [3.8, 4) is 5.75 Å². The molecule has 0 saturated carbocycles. The standard InChI is InChI=1S/C13H12O5/c1-16-11-5-3-2-4-10(11)13(15)17-8-9-6-7-12(14)18-9/h2-7,9H,8H2,1H3. The Labute approximate surface area is 104 Å². The van der Waals surface area contributed by atoms with Gasteiger partial charge in [0.15, 0.2) is 6.10 Å². The van der Waals surface area contributed by atoms with Crippen LogP contribution in [0.1, 0.15) is 10.4 Å². The van der Waals surface area contributed by atoms with E-state index in [4.69, 9.17) is 14.2 Å². The number of carbonyl (C=O) groups excluding carboxylic acids is 2. The maximum absolute atomic E-state index is 11.8. The molecule has 1 heterocycles. The average molecular weight is 248 g/mol. The number of methoxy groups -OCH3 is 1. The number of hydrogen-bond acceptors (Lipinski definition) is 5. The fraction of sp³-hybridized carbons (Fsp3) is 0.231. The minimum Gasteiger partial charge on any atom is -0.496 e. The first-order valence-electron chi connectivity index (χ1n) is 5.39. The molecule has 0 N–H and O–H groups in total. The molecule has 0 aliphatic carbocycles. The van der Waals surface area contributed by atoms with E-state index in [1.54, 1.807) is 30.3 Å². The molecule has 0 fully saturated rings. The van der Waals surface area contributed by atoms with Gasteiger partial charge >= 0.3 is 11.9 Å². The van der Waals surface area contributed by atoms with E-state index >= 15 is 0 Å². The van der Waals surface area contributed by atoms with E-state index in [-0.39, 0.29) is 6.61 Å². The van der Waals surface area contributed by atoms with E-state index in [0.717, 1.165) is 0 Å². The van der Waals surface area contributed by atoms with Crippen LogP contribution >= 0.6 is 0 Å². The molecule has 1 aliphatic rings. The van der Waals surface area contributed by atoms with Crippen LogP contribution in [0.3, 0.4) is 0 Å². The highest BCUT2D eigenvalue weighted by Gasteiger charge is 2.20. The predicted octanol–water partition coefficient (Wildman–Crippen LogP) is 1.33. The molecule has 2 rings (SSSR count). The maximum atomic E-state index is 11.8. The summed E-state index contributed by atoms with van der Waals surface area (Å²) in [7, 11) is 1.48. The summed E-state index contributed by atoms with van der Waals surface area (Å²) < 4.78 is 15.0. The highest BCUT2D eigenvalue weighted by Crippen LogP contribution is 2.18. The number of para-hydroxylation sites is 1. The van der Waals surface area contributed by atoms with Crippen molar-refractivity contribution in [2.24, 2.45) is 0 Å². The van der Waals surface area contributed by atoms with Crippen molar-refractivity contribution in [2.45, 2.75) is 6.10 Å². The summed E-state index contributed by atoms with van der Waals surface area (Å²) in [6, 6.07) is 6.76. The third-order valence-corrected chi connectivity index (χ3v) is 2.42. The van der Waals surface area contributed by atoms with Gasteiger partial charge in [0.05, 0.1) is 7.11 Å². The Kier molecular flexibility index (Phi) is 3.62. The first-order valence-corrected chi connectivity index (χ1v) is 5.39. The summed E-state index contributed by atoms with van der Waals surface area (Å²) in [5.41, 5.74) is 0.341. The first kappa shape index (κ1) is 12.2. The van der Waals surface area contributed by atoms with Crippen LogP contribution < -0.4 is 4.74 Å². The first-order chi connectivity index (χ1) is 8.70. The molecular weight excluding hydrogens is 236 g/mol. The van der Waals surface area contributed by atoms with Crippen molar-refractivity contribution in [1.82, 2.24) is 0 Å². The van der Waals surface area contributed by atoms with E-state index in [1.165, 1.54) is 13.2 Å². The SMILES string of the molecule is COc1ccccc1C(=O)OCC1C=CC(=O)O1. The topological polar surface area (TPSA) is 61.8 Å². The van der Waals surface area contributed by atoms with Gasteiger partial charge < -0.3 is 14.2 Å². The number of ether oxygens (including phenoxy) is 3. The molecule has 0 saturated heterocycles. The normalized spacial score (nSPS) is 17.4. The average Bonchev–Trinajstić information content (AvgIpc) is 2.81. The largest absolute Gasteiger partial charge is 0.496 e. The Bertz CT molecular complexity index is 492. The highest BCUT2D eigenvalue weighted by atomic mass is 16.6.